The minimum Gasteiger partial charge on any atom is -0.497 e. The van der Waals surface area contributed by atoms with Gasteiger partial charge in [0.15, 0.2) is 5.82 Å². The molecule has 33 heavy (non-hydrogen) atoms. The molecule has 1 aromatic carbocycles. The molecule has 1 spiro atoms. The van der Waals surface area contributed by atoms with E-state index in [2.05, 4.69) is 38.5 Å². The second-order valence-electron chi connectivity index (χ2n) is 8.58. The predicted octanol–water partition coefficient (Wildman–Crippen LogP) is 1.60. The highest BCUT2D eigenvalue weighted by atomic mass is 16.5. The van der Waals surface area contributed by atoms with Crippen LogP contribution in [0.5, 0.6) is 5.75 Å². The lowest BCUT2D eigenvalue weighted by molar-refractivity contribution is 0.0965. The molecular weight excluding hydrogens is 422 g/mol. The Hall–Kier alpha value is -3.47. The van der Waals surface area contributed by atoms with Crippen LogP contribution in [0.1, 0.15) is 45.1 Å². The number of hydrogen-bond donors (Lipinski definition) is 4. The van der Waals surface area contributed by atoms with Crippen LogP contribution in [-0.4, -0.2) is 58.7 Å². The maximum Gasteiger partial charge on any atom is 0.334 e. The smallest absolute Gasteiger partial charge is 0.334 e. The van der Waals surface area contributed by atoms with Crippen LogP contribution in [0, 0.1) is 0 Å². The fourth-order valence-electron chi connectivity index (χ4n) is 4.74. The van der Waals surface area contributed by atoms with Crippen LogP contribution in [-0.2, 0) is 6.54 Å². The SMILES string of the molecule is CCCCCC1NC2=C(N3CNC=N3)N(Cc3ccc(OC)cc3)C(=O)N3C(C)=NNC23N1. The van der Waals surface area contributed by atoms with E-state index in [-0.39, 0.29) is 12.2 Å². The van der Waals surface area contributed by atoms with Crippen molar-refractivity contribution in [2.75, 3.05) is 13.8 Å². The van der Waals surface area contributed by atoms with E-state index in [1.807, 2.05) is 36.2 Å². The number of nitrogens with one attached hydrogen (secondary N) is 4. The van der Waals surface area contributed by atoms with Gasteiger partial charge in [0.25, 0.3) is 0 Å². The van der Waals surface area contributed by atoms with E-state index in [0.717, 1.165) is 42.7 Å². The number of amidine groups is 1. The van der Waals surface area contributed by atoms with E-state index in [1.54, 1.807) is 23.2 Å². The molecule has 4 aliphatic heterocycles. The number of urea groups is 1. The first-order valence-electron chi connectivity index (χ1n) is 11.5. The molecule has 4 N–H and O–H groups in total. The summed E-state index contributed by atoms with van der Waals surface area (Å²) in [5, 5.41) is 21.1. The van der Waals surface area contributed by atoms with Gasteiger partial charge in [-0.3, -0.25) is 15.6 Å². The van der Waals surface area contributed by atoms with Gasteiger partial charge in [-0.15, -0.1) is 0 Å². The van der Waals surface area contributed by atoms with Crippen LogP contribution in [0.25, 0.3) is 0 Å². The largest absolute Gasteiger partial charge is 0.497 e. The summed E-state index contributed by atoms with van der Waals surface area (Å²) in [6.07, 6.45) is 6.00. The lowest BCUT2D eigenvalue weighted by Gasteiger charge is -2.45. The number of nitrogens with zero attached hydrogens (tertiary/aromatic N) is 5. The number of benzene rings is 1. The van der Waals surface area contributed by atoms with Crippen molar-refractivity contribution in [3.63, 3.8) is 0 Å². The summed E-state index contributed by atoms with van der Waals surface area (Å²) in [4.78, 5) is 17.4. The van der Waals surface area contributed by atoms with Crippen LogP contribution < -0.4 is 26.1 Å². The first-order chi connectivity index (χ1) is 16.1. The second kappa shape index (κ2) is 8.47. The molecule has 0 bridgehead atoms. The highest BCUT2D eigenvalue weighted by Crippen LogP contribution is 2.39. The number of carbonyl (C=O) groups is 1. The number of methoxy groups -OCH3 is 1. The number of hydrazone groups is 2. The van der Waals surface area contributed by atoms with E-state index >= 15 is 0 Å². The Labute approximate surface area is 193 Å². The van der Waals surface area contributed by atoms with E-state index in [0.29, 0.717) is 24.9 Å². The summed E-state index contributed by atoms with van der Waals surface area (Å²) in [6.45, 7) is 4.90. The summed E-state index contributed by atoms with van der Waals surface area (Å²) >= 11 is 0. The van der Waals surface area contributed by atoms with Crippen LogP contribution >= 0.6 is 0 Å². The minimum absolute atomic E-state index is 0.00549. The highest BCUT2D eigenvalue weighted by molar-refractivity contribution is 6.00. The minimum atomic E-state index is -0.943. The summed E-state index contributed by atoms with van der Waals surface area (Å²) in [5.41, 5.74) is 5.04. The van der Waals surface area contributed by atoms with Gasteiger partial charge in [-0.2, -0.15) is 10.2 Å². The molecule has 0 aliphatic carbocycles. The fraction of sp³-hybridized carbons (Fsp3) is 0.500. The molecule has 2 atom stereocenters. The molecule has 0 aromatic heterocycles. The molecule has 4 heterocycles. The van der Waals surface area contributed by atoms with Gasteiger partial charge in [0, 0.05) is 0 Å². The Bertz CT molecular complexity index is 1010. The number of hydrogen-bond acceptors (Lipinski definition) is 9. The Balaban J connectivity index is 1.55. The summed E-state index contributed by atoms with van der Waals surface area (Å²) in [7, 11) is 1.64. The number of carbonyl (C=O) groups excluding carboxylic acids is 1. The van der Waals surface area contributed by atoms with Crippen LogP contribution in [0.4, 0.5) is 4.79 Å². The maximum atomic E-state index is 13.9. The summed E-state index contributed by atoms with van der Waals surface area (Å²) in [5.74, 6) is 1.15. The van der Waals surface area contributed by atoms with Gasteiger partial charge in [0.05, 0.1) is 19.8 Å². The Morgan fingerprint density at radius 2 is 2.06 bits per heavy atom. The molecule has 176 valence electrons. The quantitative estimate of drug-likeness (QED) is 0.443. The molecular formula is C22H31N9O2. The molecule has 0 saturated carbocycles. The normalized spacial score (nSPS) is 25.5. The van der Waals surface area contributed by atoms with Gasteiger partial charge >= 0.3 is 6.03 Å². The Kier molecular flexibility index (Phi) is 5.49. The predicted molar refractivity (Wildman–Crippen MR) is 124 cm³/mol. The Morgan fingerprint density at radius 3 is 2.76 bits per heavy atom. The van der Waals surface area contributed by atoms with Crippen LogP contribution in [0.2, 0.25) is 0 Å². The van der Waals surface area contributed by atoms with Crippen molar-refractivity contribution in [2.24, 2.45) is 10.2 Å². The number of ether oxygens (including phenoxy) is 1. The number of rotatable bonds is 8. The van der Waals surface area contributed by atoms with Crippen molar-refractivity contribution in [2.45, 2.75) is 58.0 Å². The van der Waals surface area contributed by atoms with Crippen molar-refractivity contribution in [1.29, 1.82) is 0 Å². The van der Waals surface area contributed by atoms with Gasteiger partial charge in [0.1, 0.15) is 30.3 Å². The third-order valence-electron chi connectivity index (χ3n) is 6.37. The number of unbranched alkanes of at least 4 members (excludes halogenated alkanes) is 2. The van der Waals surface area contributed by atoms with Crippen LogP contribution in [0.3, 0.4) is 0 Å². The lowest BCUT2D eigenvalue weighted by Crippen LogP contribution is -2.69. The molecule has 4 aliphatic rings. The zero-order valence-electron chi connectivity index (χ0n) is 19.3. The summed E-state index contributed by atoms with van der Waals surface area (Å²) in [6, 6.07) is 7.58. The molecule has 5 rings (SSSR count). The zero-order valence-corrected chi connectivity index (χ0v) is 19.3. The molecule has 11 heteroatoms. The van der Waals surface area contributed by atoms with Crippen molar-refractivity contribution >= 4 is 18.2 Å². The molecule has 11 nitrogen and oxygen atoms in total. The third kappa shape index (κ3) is 3.52. The summed E-state index contributed by atoms with van der Waals surface area (Å²) < 4.78 is 5.29. The molecule has 2 unspecified atom stereocenters. The van der Waals surface area contributed by atoms with Crippen LogP contribution in [0.15, 0.2) is 46.0 Å². The first kappa shape index (κ1) is 21.4. The van der Waals surface area contributed by atoms with E-state index < -0.39 is 5.79 Å². The van der Waals surface area contributed by atoms with E-state index in [9.17, 15) is 4.79 Å². The van der Waals surface area contributed by atoms with Gasteiger partial charge in [-0.1, -0.05) is 38.3 Å². The number of amides is 2. The first-order valence-corrected chi connectivity index (χ1v) is 11.5. The third-order valence-corrected chi connectivity index (χ3v) is 6.37. The molecule has 0 radical (unpaired) electrons. The lowest BCUT2D eigenvalue weighted by atomic mass is 10.1. The van der Waals surface area contributed by atoms with Crippen molar-refractivity contribution in [3.8, 4) is 5.75 Å². The van der Waals surface area contributed by atoms with Gasteiger partial charge in [0.2, 0.25) is 5.79 Å². The topological polar surface area (TPSA) is 109 Å². The van der Waals surface area contributed by atoms with Gasteiger partial charge in [-0.25, -0.2) is 14.7 Å². The molecule has 1 aromatic rings. The second-order valence-corrected chi connectivity index (χ2v) is 8.58. The maximum absolute atomic E-state index is 13.9. The van der Waals surface area contributed by atoms with Crippen molar-refractivity contribution in [1.82, 2.24) is 36.2 Å². The van der Waals surface area contributed by atoms with E-state index in [4.69, 9.17) is 4.74 Å². The average Bonchev–Trinajstić information content (AvgIpc) is 3.55. The molecule has 1 saturated heterocycles. The Morgan fingerprint density at radius 1 is 1.24 bits per heavy atom. The van der Waals surface area contributed by atoms with Gasteiger partial charge < -0.3 is 15.4 Å². The highest BCUT2D eigenvalue weighted by Gasteiger charge is 2.60. The molecule has 1 fully saturated rings. The van der Waals surface area contributed by atoms with Gasteiger partial charge in [-0.05, 0) is 31.0 Å². The van der Waals surface area contributed by atoms with Crippen molar-refractivity contribution in [3.05, 3.63) is 41.3 Å². The fourth-order valence-corrected chi connectivity index (χ4v) is 4.74. The standard InChI is InChI=1S/C22H31N9O2/c1-4-5-6-7-18-25-19-20(30-14-23-13-24-30)29(12-16-8-10-17(33-3)11-9-16)21(32)31-15(2)27-28-22(19,31)26-18/h8-11,13,18,25-26,28H,4-7,12,14H2,1-3H3,(H,23,24). The van der Waals surface area contributed by atoms with E-state index in [1.165, 1.54) is 0 Å². The van der Waals surface area contributed by atoms with Crippen molar-refractivity contribution < 1.29 is 9.53 Å². The zero-order chi connectivity index (χ0) is 23.0. The molecule has 2 amide bonds. The monoisotopic (exact) mass is 453 g/mol. The average molecular weight is 454 g/mol.